The zero-order valence-corrected chi connectivity index (χ0v) is 11.5. The van der Waals surface area contributed by atoms with Crippen LogP contribution in [-0.2, 0) is 4.79 Å². The number of rotatable bonds is 3. The van der Waals surface area contributed by atoms with Crippen LogP contribution in [0.15, 0.2) is 30.6 Å². The number of amides is 1. The number of aromatic amines is 1. The molecule has 1 aromatic heterocycles. The van der Waals surface area contributed by atoms with Gasteiger partial charge in [0.05, 0.1) is 5.54 Å². The van der Waals surface area contributed by atoms with Crippen LogP contribution in [0.5, 0.6) is 0 Å². The minimum atomic E-state index is -0.899. The summed E-state index contributed by atoms with van der Waals surface area (Å²) in [5.74, 6) is 0.460. The second-order valence-corrected chi connectivity index (χ2v) is 4.59. The van der Waals surface area contributed by atoms with Crippen LogP contribution in [0.25, 0.3) is 11.4 Å². The lowest BCUT2D eigenvalue weighted by atomic mass is 10.1. The van der Waals surface area contributed by atoms with Crippen molar-refractivity contribution in [2.45, 2.75) is 19.4 Å². The fourth-order valence-electron chi connectivity index (χ4n) is 1.35. The summed E-state index contributed by atoms with van der Waals surface area (Å²) in [6, 6.07) is 7.28. The van der Waals surface area contributed by atoms with Gasteiger partial charge in [-0.3, -0.25) is 9.89 Å². The maximum Gasteiger partial charge on any atom is 0.243 e. The molecule has 0 spiro atoms. The van der Waals surface area contributed by atoms with E-state index in [0.717, 1.165) is 5.56 Å². The van der Waals surface area contributed by atoms with Crippen LogP contribution in [0.1, 0.15) is 13.8 Å². The van der Waals surface area contributed by atoms with Gasteiger partial charge in [0.15, 0.2) is 5.82 Å². The Morgan fingerprint density at radius 3 is 2.42 bits per heavy atom. The minimum Gasteiger partial charge on any atom is -0.325 e. The Hall–Kier alpha value is -1.92. The second kappa shape index (κ2) is 5.81. The number of nitrogens with two attached hydrogens (primary N) is 1. The SMILES string of the molecule is CC(C)(N)C(=O)Nc1ccc(-c2ncn[nH]2)cc1.Cl. The zero-order chi connectivity index (χ0) is 13.2. The molecule has 0 atom stereocenters. The molecule has 0 saturated heterocycles. The predicted molar refractivity (Wildman–Crippen MR) is 76.0 cm³/mol. The van der Waals surface area contributed by atoms with Crippen LogP contribution >= 0.6 is 12.4 Å². The Labute approximate surface area is 117 Å². The van der Waals surface area contributed by atoms with E-state index in [-0.39, 0.29) is 18.3 Å². The molecule has 0 fully saturated rings. The molecule has 6 nitrogen and oxygen atoms in total. The smallest absolute Gasteiger partial charge is 0.243 e. The lowest BCUT2D eigenvalue weighted by Crippen LogP contribution is -2.45. The van der Waals surface area contributed by atoms with Crippen LogP contribution in [0.2, 0.25) is 0 Å². The normalized spacial score (nSPS) is 10.7. The molecule has 0 radical (unpaired) electrons. The van der Waals surface area contributed by atoms with Gasteiger partial charge in [-0.2, -0.15) is 5.10 Å². The highest BCUT2D eigenvalue weighted by Gasteiger charge is 2.21. The zero-order valence-electron chi connectivity index (χ0n) is 10.7. The van der Waals surface area contributed by atoms with Gasteiger partial charge in [-0.05, 0) is 38.1 Å². The highest BCUT2D eigenvalue weighted by atomic mass is 35.5. The lowest BCUT2D eigenvalue weighted by Gasteiger charge is -2.17. The fraction of sp³-hybridized carbons (Fsp3) is 0.250. The fourth-order valence-corrected chi connectivity index (χ4v) is 1.35. The van der Waals surface area contributed by atoms with Gasteiger partial charge in [0.25, 0.3) is 0 Å². The number of nitrogens with zero attached hydrogens (tertiary/aromatic N) is 2. The number of carbonyl (C=O) groups is 1. The first-order valence-corrected chi connectivity index (χ1v) is 5.53. The number of carbonyl (C=O) groups excluding carboxylic acids is 1. The summed E-state index contributed by atoms with van der Waals surface area (Å²) in [7, 11) is 0. The van der Waals surface area contributed by atoms with Crippen molar-refractivity contribution in [3.05, 3.63) is 30.6 Å². The molecule has 0 bridgehead atoms. The quantitative estimate of drug-likeness (QED) is 0.795. The predicted octanol–water partition coefficient (Wildman–Crippen LogP) is 1.57. The first-order chi connectivity index (χ1) is 8.47. The molecule has 0 aliphatic rings. The van der Waals surface area contributed by atoms with E-state index in [1.807, 2.05) is 12.1 Å². The summed E-state index contributed by atoms with van der Waals surface area (Å²) < 4.78 is 0. The van der Waals surface area contributed by atoms with E-state index >= 15 is 0 Å². The molecule has 1 amide bonds. The van der Waals surface area contributed by atoms with Crippen LogP contribution in [-0.4, -0.2) is 26.6 Å². The molecule has 102 valence electrons. The van der Waals surface area contributed by atoms with Gasteiger partial charge in [-0.25, -0.2) is 4.98 Å². The summed E-state index contributed by atoms with van der Waals surface area (Å²) in [5.41, 5.74) is 6.40. The van der Waals surface area contributed by atoms with E-state index in [0.29, 0.717) is 11.5 Å². The number of hydrogen-bond donors (Lipinski definition) is 3. The molecule has 7 heteroatoms. The molecule has 4 N–H and O–H groups in total. The van der Waals surface area contributed by atoms with Crippen molar-refractivity contribution < 1.29 is 4.79 Å². The summed E-state index contributed by atoms with van der Waals surface area (Å²) >= 11 is 0. The van der Waals surface area contributed by atoms with E-state index in [2.05, 4.69) is 20.5 Å². The first-order valence-electron chi connectivity index (χ1n) is 5.53. The third-order valence-corrected chi connectivity index (χ3v) is 2.42. The van der Waals surface area contributed by atoms with Crippen LogP contribution < -0.4 is 11.1 Å². The van der Waals surface area contributed by atoms with Crippen molar-refractivity contribution >= 4 is 24.0 Å². The molecular weight excluding hydrogens is 266 g/mol. The van der Waals surface area contributed by atoms with Crippen molar-refractivity contribution in [2.24, 2.45) is 5.73 Å². The maximum atomic E-state index is 11.7. The molecule has 19 heavy (non-hydrogen) atoms. The number of H-pyrrole nitrogens is 1. The van der Waals surface area contributed by atoms with Crippen molar-refractivity contribution in [3.8, 4) is 11.4 Å². The number of nitrogens with one attached hydrogen (secondary N) is 2. The van der Waals surface area contributed by atoms with Gasteiger partial charge in [0.2, 0.25) is 5.91 Å². The molecular formula is C12H16ClN5O. The molecule has 0 aliphatic heterocycles. The largest absolute Gasteiger partial charge is 0.325 e. The van der Waals surface area contributed by atoms with Crippen molar-refractivity contribution in [2.75, 3.05) is 5.32 Å². The monoisotopic (exact) mass is 281 g/mol. The Morgan fingerprint density at radius 1 is 1.32 bits per heavy atom. The van der Waals surface area contributed by atoms with Gasteiger partial charge in [0.1, 0.15) is 6.33 Å². The van der Waals surface area contributed by atoms with E-state index in [1.165, 1.54) is 6.33 Å². The van der Waals surface area contributed by atoms with E-state index < -0.39 is 5.54 Å². The molecule has 2 rings (SSSR count). The third kappa shape index (κ3) is 3.77. The molecule has 0 aliphatic carbocycles. The highest BCUT2D eigenvalue weighted by Crippen LogP contribution is 2.17. The summed E-state index contributed by atoms with van der Waals surface area (Å²) in [6.07, 6.45) is 1.45. The Kier molecular flexibility index (Phi) is 4.63. The Bertz CT molecular complexity index is 530. The lowest BCUT2D eigenvalue weighted by molar-refractivity contribution is -0.120. The number of hydrogen-bond acceptors (Lipinski definition) is 4. The molecule has 1 heterocycles. The van der Waals surface area contributed by atoms with Gasteiger partial charge in [-0.1, -0.05) is 0 Å². The van der Waals surface area contributed by atoms with Crippen LogP contribution in [0, 0.1) is 0 Å². The molecule has 2 aromatic rings. The first kappa shape index (κ1) is 15.1. The standard InChI is InChI=1S/C12H15N5O.ClH/c1-12(2,13)11(18)16-9-5-3-8(4-6-9)10-14-7-15-17-10;/h3-7H,13H2,1-2H3,(H,16,18)(H,14,15,17);1H. The molecule has 1 aromatic carbocycles. The second-order valence-electron chi connectivity index (χ2n) is 4.59. The highest BCUT2D eigenvalue weighted by molar-refractivity contribution is 5.97. The van der Waals surface area contributed by atoms with Gasteiger partial charge >= 0.3 is 0 Å². The van der Waals surface area contributed by atoms with Crippen LogP contribution in [0.3, 0.4) is 0 Å². The number of halogens is 1. The van der Waals surface area contributed by atoms with Crippen molar-refractivity contribution in [1.29, 1.82) is 0 Å². The minimum absolute atomic E-state index is 0. The third-order valence-electron chi connectivity index (χ3n) is 2.42. The van der Waals surface area contributed by atoms with Gasteiger partial charge in [0, 0.05) is 11.3 Å². The van der Waals surface area contributed by atoms with Crippen molar-refractivity contribution in [1.82, 2.24) is 15.2 Å². The average molecular weight is 282 g/mol. The summed E-state index contributed by atoms with van der Waals surface area (Å²) in [6.45, 7) is 3.32. The number of anilines is 1. The summed E-state index contributed by atoms with van der Waals surface area (Å²) in [5, 5.41) is 9.29. The van der Waals surface area contributed by atoms with Crippen LogP contribution in [0.4, 0.5) is 5.69 Å². The van der Waals surface area contributed by atoms with Gasteiger partial charge < -0.3 is 11.1 Å². The van der Waals surface area contributed by atoms with E-state index in [9.17, 15) is 4.79 Å². The summed E-state index contributed by atoms with van der Waals surface area (Å²) in [4.78, 5) is 15.7. The molecule has 0 unspecified atom stereocenters. The average Bonchev–Trinajstić information content (AvgIpc) is 2.82. The Balaban J connectivity index is 0.00000180. The van der Waals surface area contributed by atoms with E-state index in [4.69, 9.17) is 5.73 Å². The maximum absolute atomic E-state index is 11.7. The van der Waals surface area contributed by atoms with Crippen molar-refractivity contribution in [3.63, 3.8) is 0 Å². The van der Waals surface area contributed by atoms with Gasteiger partial charge in [-0.15, -0.1) is 12.4 Å². The Morgan fingerprint density at radius 2 is 1.95 bits per heavy atom. The number of benzene rings is 1. The van der Waals surface area contributed by atoms with E-state index in [1.54, 1.807) is 26.0 Å². The topological polar surface area (TPSA) is 96.7 Å². The molecule has 0 saturated carbocycles. The number of aromatic nitrogens is 3.